The molecule has 18 heavy (non-hydrogen) atoms. The fourth-order valence-corrected chi connectivity index (χ4v) is 3.72. The Morgan fingerprint density at radius 2 is 2.17 bits per heavy atom. The van der Waals surface area contributed by atoms with Crippen LogP contribution in [-0.2, 0) is 4.74 Å². The van der Waals surface area contributed by atoms with E-state index in [2.05, 4.69) is 33.4 Å². The van der Waals surface area contributed by atoms with Gasteiger partial charge in [-0.1, -0.05) is 32.1 Å². The molecule has 0 radical (unpaired) electrons. The van der Waals surface area contributed by atoms with E-state index >= 15 is 0 Å². The highest BCUT2D eigenvalue weighted by atomic mass is 16.5. The largest absolute Gasteiger partial charge is 0.377 e. The van der Waals surface area contributed by atoms with Crippen molar-refractivity contribution < 1.29 is 4.74 Å². The molecule has 2 rings (SSSR count). The third-order valence-corrected chi connectivity index (χ3v) is 4.93. The van der Waals surface area contributed by atoms with Gasteiger partial charge in [0, 0.05) is 6.61 Å². The molecular formula is C17H28O. The van der Waals surface area contributed by atoms with E-state index in [4.69, 9.17) is 4.74 Å². The summed E-state index contributed by atoms with van der Waals surface area (Å²) in [5.41, 5.74) is 3.52. The van der Waals surface area contributed by atoms with Gasteiger partial charge >= 0.3 is 0 Å². The molecule has 0 amide bonds. The molecule has 0 N–H and O–H groups in total. The maximum absolute atomic E-state index is 5.58. The van der Waals surface area contributed by atoms with Crippen LogP contribution in [0.2, 0.25) is 0 Å². The van der Waals surface area contributed by atoms with Crippen molar-refractivity contribution in [3.8, 4) is 0 Å². The molecule has 102 valence electrons. The monoisotopic (exact) mass is 248 g/mol. The average Bonchev–Trinajstić information content (AvgIpc) is 2.37. The highest BCUT2D eigenvalue weighted by Gasteiger charge is 2.47. The molecule has 2 atom stereocenters. The van der Waals surface area contributed by atoms with E-state index < -0.39 is 0 Å². The molecule has 2 aliphatic carbocycles. The van der Waals surface area contributed by atoms with Gasteiger partial charge in [0.15, 0.2) is 0 Å². The van der Waals surface area contributed by atoms with Gasteiger partial charge in [0.1, 0.15) is 0 Å². The van der Waals surface area contributed by atoms with E-state index in [1.54, 1.807) is 0 Å². The topological polar surface area (TPSA) is 9.23 Å². The summed E-state index contributed by atoms with van der Waals surface area (Å²) < 4.78 is 5.58. The number of rotatable bonds is 3. The number of allylic oxidation sites excluding steroid dienone is 2. The van der Waals surface area contributed by atoms with Gasteiger partial charge < -0.3 is 4.74 Å². The Bertz CT molecular complexity index is 338. The van der Waals surface area contributed by atoms with Crippen LogP contribution in [0.4, 0.5) is 0 Å². The molecule has 1 heteroatoms. The Labute approximate surface area is 112 Å². The number of ether oxygens (including phenoxy) is 1. The van der Waals surface area contributed by atoms with Crippen molar-refractivity contribution >= 4 is 0 Å². The van der Waals surface area contributed by atoms with Crippen molar-refractivity contribution in [3.63, 3.8) is 0 Å². The minimum absolute atomic E-state index is 0.522. The zero-order valence-corrected chi connectivity index (χ0v) is 12.3. The van der Waals surface area contributed by atoms with Gasteiger partial charge in [0.05, 0.1) is 6.61 Å². The number of hydrogen-bond acceptors (Lipinski definition) is 1. The second kappa shape index (κ2) is 5.61. The predicted molar refractivity (Wildman–Crippen MR) is 77.6 cm³/mol. The summed E-state index contributed by atoms with van der Waals surface area (Å²) in [5, 5.41) is 0. The lowest BCUT2D eigenvalue weighted by Gasteiger charge is -2.53. The standard InChI is InChI=1S/C17H28O/c1-5-18-12-14-8-6-7-13(2)15-11-17(3,4)16(15)10-9-14/h8,15-16H,2,5-7,9-12H2,1,3-4H3. The lowest BCUT2D eigenvalue weighted by molar-refractivity contribution is 0.00324. The third-order valence-electron chi connectivity index (χ3n) is 4.93. The second-order valence-electron chi connectivity index (χ2n) is 6.64. The number of fused-ring (bicyclic) bond motifs is 1. The van der Waals surface area contributed by atoms with Crippen LogP contribution in [0.25, 0.3) is 0 Å². The minimum atomic E-state index is 0.522. The molecule has 1 saturated carbocycles. The maximum atomic E-state index is 5.58. The first kappa shape index (κ1) is 13.9. The van der Waals surface area contributed by atoms with Crippen LogP contribution in [0, 0.1) is 17.3 Å². The fourth-order valence-electron chi connectivity index (χ4n) is 3.72. The molecule has 2 unspecified atom stereocenters. The summed E-state index contributed by atoms with van der Waals surface area (Å²) in [4.78, 5) is 0. The molecule has 0 aromatic carbocycles. The van der Waals surface area contributed by atoms with Crippen LogP contribution < -0.4 is 0 Å². The highest BCUT2D eigenvalue weighted by Crippen LogP contribution is 2.56. The zero-order valence-electron chi connectivity index (χ0n) is 12.3. The second-order valence-corrected chi connectivity index (χ2v) is 6.64. The maximum Gasteiger partial charge on any atom is 0.0676 e. The van der Waals surface area contributed by atoms with Crippen molar-refractivity contribution in [2.45, 2.75) is 52.9 Å². The first-order valence-electron chi connectivity index (χ1n) is 7.48. The van der Waals surface area contributed by atoms with Gasteiger partial charge in [-0.25, -0.2) is 0 Å². The van der Waals surface area contributed by atoms with Gasteiger partial charge in [-0.2, -0.15) is 0 Å². The first-order valence-corrected chi connectivity index (χ1v) is 7.48. The van der Waals surface area contributed by atoms with Crippen molar-refractivity contribution in [1.82, 2.24) is 0 Å². The van der Waals surface area contributed by atoms with Gasteiger partial charge in [0.25, 0.3) is 0 Å². The van der Waals surface area contributed by atoms with Gasteiger partial charge in [-0.15, -0.1) is 0 Å². The van der Waals surface area contributed by atoms with Crippen LogP contribution in [0.1, 0.15) is 52.9 Å². The van der Waals surface area contributed by atoms with Crippen LogP contribution in [0.3, 0.4) is 0 Å². The van der Waals surface area contributed by atoms with Crippen molar-refractivity contribution in [2.75, 3.05) is 13.2 Å². The number of hydrogen-bond donors (Lipinski definition) is 0. The van der Waals surface area contributed by atoms with Crippen LogP contribution in [-0.4, -0.2) is 13.2 Å². The third kappa shape index (κ3) is 2.88. The zero-order chi connectivity index (χ0) is 13.2. The Morgan fingerprint density at radius 1 is 1.39 bits per heavy atom. The molecule has 0 aromatic heterocycles. The lowest BCUT2D eigenvalue weighted by atomic mass is 9.52. The Morgan fingerprint density at radius 3 is 2.83 bits per heavy atom. The molecular weight excluding hydrogens is 220 g/mol. The van der Waals surface area contributed by atoms with Crippen LogP contribution in [0.5, 0.6) is 0 Å². The predicted octanol–water partition coefficient (Wildman–Crippen LogP) is 4.74. The first-order chi connectivity index (χ1) is 8.54. The lowest BCUT2D eigenvalue weighted by Crippen LogP contribution is -2.44. The smallest absolute Gasteiger partial charge is 0.0676 e. The summed E-state index contributed by atoms with van der Waals surface area (Å²) in [6, 6.07) is 0. The fraction of sp³-hybridized carbons (Fsp3) is 0.765. The molecule has 0 spiro atoms. The van der Waals surface area contributed by atoms with E-state index in [-0.39, 0.29) is 0 Å². The van der Waals surface area contributed by atoms with Crippen LogP contribution in [0.15, 0.2) is 23.8 Å². The quantitative estimate of drug-likeness (QED) is 0.655. The van der Waals surface area contributed by atoms with Crippen molar-refractivity contribution in [2.24, 2.45) is 17.3 Å². The molecule has 0 bridgehead atoms. The van der Waals surface area contributed by atoms with Crippen molar-refractivity contribution in [3.05, 3.63) is 23.8 Å². The van der Waals surface area contributed by atoms with Gasteiger partial charge in [-0.05, 0) is 61.9 Å². The Hall–Kier alpha value is -0.560. The molecule has 0 saturated heterocycles. The van der Waals surface area contributed by atoms with E-state index in [1.165, 1.54) is 36.8 Å². The van der Waals surface area contributed by atoms with E-state index in [0.717, 1.165) is 31.5 Å². The highest BCUT2D eigenvalue weighted by molar-refractivity contribution is 5.17. The van der Waals surface area contributed by atoms with Crippen LogP contribution >= 0.6 is 0 Å². The molecule has 1 nitrogen and oxygen atoms in total. The average molecular weight is 248 g/mol. The van der Waals surface area contributed by atoms with Gasteiger partial charge in [0.2, 0.25) is 0 Å². The summed E-state index contributed by atoms with van der Waals surface area (Å²) >= 11 is 0. The summed E-state index contributed by atoms with van der Waals surface area (Å²) in [6.45, 7) is 12.9. The van der Waals surface area contributed by atoms with E-state index in [0.29, 0.717) is 5.41 Å². The van der Waals surface area contributed by atoms with Gasteiger partial charge in [-0.3, -0.25) is 0 Å². The van der Waals surface area contributed by atoms with Crippen molar-refractivity contribution in [1.29, 1.82) is 0 Å². The molecule has 1 fully saturated rings. The Kier molecular flexibility index (Phi) is 4.32. The SMILES string of the molecule is C=C1CCC=C(COCC)CCC2C1CC2(C)C. The minimum Gasteiger partial charge on any atom is -0.377 e. The van der Waals surface area contributed by atoms with E-state index in [1.807, 2.05) is 0 Å². The normalized spacial score (nSPS) is 31.5. The molecule has 0 heterocycles. The summed E-state index contributed by atoms with van der Waals surface area (Å²) in [5.74, 6) is 1.63. The van der Waals surface area contributed by atoms with E-state index in [9.17, 15) is 0 Å². The molecule has 0 aliphatic heterocycles. The summed E-state index contributed by atoms with van der Waals surface area (Å²) in [7, 11) is 0. The Balaban J connectivity index is 2.01. The summed E-state index contributed by atoms with van der Waals surface area (Å²) in [6.07, 6.45) is 8.61. The molecule has 2 aliphatic rings. The molecule has 0 aromatic rings.